The first kappa shape index (κ1) is 21.6. The van der Waals surface area contributed by atoms with Crippen molar-refractivity contribution in [1.82, 2.24) is 4.31 Å². The molecule has 0 aliphatic heterocycles. The van der Waals surface area contributed by atoms with Gasteiger partial charge in [-0.15, -0.1) is 12.4 Å². The van der Waals surface area contributed by atoms with E-state index >= 15 is 0 Å². The number of sulfonamides is 1. The number of anilines is 1. The van der Waals surface area contributed by atoms with Crippen molar-refractivity contribution in [2.45, 2.75) is 18.7 Å². The lowest BCUT2D eigenvalue weighted by Crippen LogP contribution is -2.27. The number of rotatable bonds is 7. The molecule has 0 aliphatic rings. The molecule has 9 heteroatoms. The van der Waals surface area contributed by atoms with E-state index in [0.717, 1.165) is 4.31 Å². The Balaban J connectivity index is 0.00000484. The molecule has 0 heterocycles. The van der Waals surface area contributed by atoms with Crippen molar-refractivity contribution in [2.24, 2.45) is 11.7 Å². The van der Waals surface area contributed by atoms with Gasteiger partial charge >= 0.3 is 0 Å². The van der Waals surface area contributed by atoms with Crippen LogP contribution in [0.3, 0.4) is 0 Å². The maximum atomic E-state index is 12.2. The first-order valence-electron chi connectivity index (χ1n) is 6.94. The van der Waals surface area contributed by atoms with Crippen LogP contribution in [0.1, 0.15) is 13.8 Å². The number of hydrogen-bond donors (Lipinski definition) is 2. The van der Waals surface area contributed by atoms with Crippen LogP contribution in [0.5, 0.6) is 5.75 Å². The molecule has 0 aromatic heterocycles. The average molecular weight is 366 g/mol. The summed E-state index contributed by atoms with van der Waals surface area (Å²) in [5.74, 6) is -0.260. The molecule has 0 fully saturated rings. The predicted octanol–water partition coefficient (Wildman–Crippen LogP) is 1.29. The zero-order chi connectivity index (χ0) is 16.9. The number of halogens is 1. The molecule has 23 heavy (non-hydrogen) atoms. The molecule has 0 bridgehead atoms. The molecule has 0 saturated carbocycles. The molecule has 132 valence electrons. The molecule has 1 atom stereocenters. The number of carbonyl (C=O) groups excluding carboxylic acids is 1. The summed E-state index contributed by atoms with van der Waals surface area (Å²) in [5.41, 5.74) is 5.78. The lowest BCUT2D eigenvalue weighted by molar-refractivity contribution is -0.119. The van der Waals surface area contributed by atoms with Gasteiger partial charge in [0.25, 0.3) is 0 Å². The molecule has 1 rings (SSSR count). The van der Waals surface area contributed by atoms with E-state index < -0.39 is 10.0 Å². The Hall–Kier alpha value is -1.35. The number of nitrogens with zero attached hydrogens (tertiary/aromatic N) is 1. The van der Waals surface area contributed by atoms with Crippen LogP contribution in [0, 0.1) is 5.92 Å². The SMILES string of the molecule is CCOc1ccc(S(=O)(=O)N(C)C)cc1NC(=O)C(C)CN.Cl. The van der Waals surface area contributed by atoms with Gasteiger partial charge in [0.05, 0.1) is 17.2 Å². The third-order valence-corrected chi connectivity index (χ3v) is 4.90. The van der Waals surface area contributed by atoms with Gasteiger partial charge in [-0.25, -0.2) is 12.7 Å². The zero-order valence-corrected chi connectivity index (χ0v) is 15.3. The Morgan fingerprint density at radius 1 is 1.39 bits per heavy atom. The Bertz CT molecular complexity index is 635. The highest BCUT2D eigenvalue weighted by Crippen LogP contribution is 2.29. The molecule has 0 aliphatic carbocycles. The lowest BCUT2D eigenvalue weighted by atomic mass is 10.1. The van der Waals surface area contributed by atoms with Gasteiger partial charge in [-0.3, -0.25) is 4.79 Å². The van der Waals surface area contributed by atoms with Crippen LogP contribution in [-0.4, -0.2) is 45.9 Å². The first-order valence-corrected chi connectivity index (χ1v) is 8.38. The van der Waals surface area contributed by atoms with Crippen molar-refractivity contribution in [2.75, 3.05) is 32.6 Å². The second-order valence-electron chi connectivity index (χ2n) is 5.00. The number of ether oxygens (including phenoxy) is 1. The maximum absolute atomic E-state index is 12.2. The summed E-state index contributed by atoms with van der Waals surface area (Å²) in [6.07, 6.45) is 0. The summed E-state index contributed by atoms with van der Waals surface area (Å²) in [6, 6.07) is 4.37. The smallest absolute Gasteiger partial charge is 0.242 e. The minimum atomic E-state index is -3.59. The van der Waals surface area contributed by atoms with E-state index in [2.05, 4.69) is 5.32 Å². The Kier molecular flexibility index (Phi) is 8.54. The fourth-order valence-corrected chi connectivity index (χ4v) is 2.55. The quantitative estimate of drug-likeness (QED) is 0.758. The molecular weight excluding hydrogens is 342 g/mol. The van der Waals surface area contributed by atoms with E-state index in [-0.39, 0.29) is 35.7 Å². The number of amides is 1. The highest BCUT2D eigenvalue weighted by Gasteiger charge is 2.20. The minimum absolute atomic E-state index is 0. The summed E-state index contributed by atoms with van der Waals surface area (Å²) in [5, 5.41) is 2.67. The third kappa shape index (κ3) is 5.35. The van der Waals surface area contributed by atoms with Crippen molar-refractivity contribution in [3.8, 4) is 5.75 Å². The fraction of sp³-hybridized carbons (Fsp3) is 0.500. The maximum Gasteiger partial charge on any atom is 0.242 e. The number of hydrogen-bond acceptors (Lipinski definition) is 5. The molecule has 1 aromatic carbocycles. The van der Waals surface area contributed by atoms with Crippen molar-refractivity contribution < 1.29 is 17.9 Å². The second kappa shape index (κ2) is 9.07. The Morgan fingerprint density at radius 3 is 2.48 bits per heavy atom. The Labute approximate surface area is 143 Å². The Morgan fingerprint density at radius 2 is 2.00 bits per heavy atom. The molecule has 1 amide bonds. The number of nitrogens with two attached hydrogens (primary N) is 1. The van der Waals surface area contributed by atoms with Gasteiger partial charge in [-0.1, -0.05) is 6.92 Å². The van der Waals surface area contributed by atoms with E-state index in [0.29, 0.717) is 18.0 Å². The topological polar surface area (TPSA) is 102 Å². The van der Waals surface area contributed by atoms with Crippen LogP contribution in [0.15, 0.2) is 23.1 Å². The third-order valence-electron chi connectivity index (χ3n) is 3.09. The molecule has 1 unspecified atom stereocenters. The number of benzene rings is 1. The fourth-order valence-electron chi connectivity index (χ4n) is 1.62. The molecule has 1 aromatic rings. The lowest BCUT2D eigenvalue weighted by Gasteiger charge is -2.17. The van der Waals surface area contributed by atoms with Crippen LogP contribution in [-0.2, 0) is 14.8 Å². The van der Waals surface area contributed by atoms with Crippen LogP contribution < -0.4 is 15.8 Å². The van der Waals surface area contributed by atoms with Gasteiger partial charge < -0.3 is 15.8 Å². The van der Waals surface area contributed by atoms with E-state index in [4.69, 9.17) is 10.5 Å². The van der Waals surface area contributed by atoms with Gasteiger partial charge in [0.1, 0.15) is 5.75 Å². The molecule has 0 saturated heterocycles. The second-order valence-corrected chi connectivity index (χ2v) is 7.16. The normalized spacial score (nSPS) is 12.4. The predicted molar refractivity (Wildman–Crippen MR) is 92.6 cm³/mol. The van der Waals surface area contributed by atoms with E-state index in [1.54, 1.807) is 13.8 Å². The molecule has 0 spiro atoms. The number of carbonyl (C=O) groups is 1. The highest BCUT2D eigenvalue weighted by molar-refractivity contribution is 7.89. The van der Waals surface area contributed by atoms with Crippen molar-refractivity contribution >= 4 is 34.0 Å². The molecular formula is C14H24ClN3O4S. The summed E-state index contributed by atoms with van der Waals surface area (Å²) in [4.78, 5) is 12.1. The van der Waals surface area contributed by atoms with Gasteiger partial charge in [-0.2, -0.15) is 0 Å². The van der Waals surface area contributed by atoms with Crippen LogP contribution in [0.25, 0.3) is 0 Å². The van der Waals surface area contributed by atoms with Crippen LogP contribution in [0.2, 0.25) is 0 Å². The summed E-state index contributed by atoms with van der Waals surface area (Å²) >= 11 is 0. The molecule has 0 radical (unpaired) electrons. The average Bonchev–Trinajstić information content (AvgIpc) is 2.47. The zero-order valence-electron chi connectivity index (χ0n) is 13.7. The standard InChI is InChI=1S/C14H23N3O4S.ClH/c1-5-21-13-7-6-11(22(19,20)17(3)4)8-12(13)16-14(18)10(2)9-15;/h6-8,10H,5,9,15H2,1-4H3,(H,16,18);1H. The van der Waals surface area contributed by atoms with Crippen LogP contribution in [0.4, 0.5) is 5.69 Å². The van der Waals surface area contributed by atoms with Gasteiger partial charge in [0.2, 0.25) is 15.9 Å². The van der Waals surface area contributed by atoms with Crippen LogP contribution >= 0.6 is 12.4 Å². The van der Waals surface area contributed by atoms with Crippen molar-refractivity contribution in [3.63, 3.8) is 0 Å². The number of nitrogens with one attached hydrogen (secondary N) is 1. The largest absolute Gasteiger partial charge is 0.492 e. The summed E-state index contributed by atoms with van der Waals surface area (Å²) in [7, 11) is -0.701. The van der Waals surface area contributed by atoms with Gasteiger partial charge in [0.15, 0.2) is 0 Å². The highest BCUT2D eigenvalue weighted by atomic mass is 35.5. The van der Waals surface area contributed by atoms with Gasteiger partial charge in [0, 0.05) is 26.6 Å². The minimum Gasteiger partial charge on any atom is -0.492 e. The van der Waals surface area contributed by atoms with Crippen molar-refractivity contribution in [1.29, 1.82) is 0 Å². The van der Waals surface area contributed by atoms with E-state index in [9.17, 15) is 13.2 Å². The summed E-state index contributed by atoms with van der Waals surface area (Å²) < 4.78 is 30.9. The van der Waals surface area contributed by atoms with E-state index in [1.165, 1.54) is 32.3 Å². The monoisotopic (exact) mass is 365 g/mol. The van der Waals surface area contributed by atoms with Crippen molar-refractivity contribution in [3.05, 3.63) is 18.2 Å². The first-order chi connectivity index (χ1) is 10.2. The van der Waals surface area contributed by atoms with E-state index in [1.807, 2.05) is 0 Å². The summed E-state index contributed by atoms with van der Waals surface area (Å²) in [6.45, 7) is 4.09. The molecule has 7 nitrogen and oxygen atoms in total. The molecule has 3 N–H and O–H groups in total. The van der Waals surface area contributed by atoms with Gasteiger partial charge in [-0.05, 0) is 25.1 Å².